The molecule has 0 spiro atoms. The highest BCUT2D eigenvalue weighted by molar-refractivity contribution is 5.42. The molecular formula is C26H28F3NO4. The van der Waals surface area contributed by atoms with Crippen molar-refractivity contribution in [2.24, 2.45) is 5.73 Å². The second kappa shape index (κ2) is 11.4. The molecule has 0 fully saturated rings. The van der Waals surface area contributed by atoms with Crippen molar-refractivity contribution in [3.8, 4) is 17.2 Å². The van der Waals surface area contributed by atoms with E-state index in [2.05, 4.69) is 0 Å². The maximum absolute atomic E-state index is 13.4. The molecule has 0 aromatic heterocycles. The van der Waals surface area contributed by atoms with E-state index < -0.39 is 17.3 Å². The van der Waals surface area contributed by atoms with E-state index in [-0.39, 0.29) is 31.3 Å². The Balaban J connectivity index is 1.67. The number of nitrogens with two attached hydrogens (primary N) is 1. The normalized spacial score (nSPS) is 11.9. The molecule has 0 saturated heterocycles. The summed E-state index contributed by atoms with van der Waals surface area (Å²) in [6.07, 6.45) is -2.77. The molecule has 5 nitrogen and oxygen atoms in total. The zero-order chi connectivity index (χ0) is 24.6. The summed E-state index contributed by atoms with van der Waals surface area (Å²) < 4.78 is 51.5. The molecule has 0 amide bonds. The summed E-state index contributed by atoms with van der Waals surface area (Å²) >= 11 is 0. The third-order valence-electron chi connectivity index (χ3n) is 5.38. The Kier molecular flexibility index (Phi) is 8.55. The van der Waals surface area contributed by atoms with Crippen LogP contribution in [0.25, 0.3) is 0 Å². The largest absolute Gasteiger partial charge is 0.489 e. The SMILES string of the molecule is NC(CO)(CO)CCCc1ccc(Oc2cc(OCc3ccccc3)cc(C(F)(F)F)c2)cc1. The molecule has 0 heterocycles. The van der Waals surface area contributed by atoms with Gasteiger partial charge in [-0.2, -0.15) is 13.2 Å². The van der Waals surface area contributed by atoms with Crippen LogP contribution < -0.4 is 15.2 Å². The van der Waals surface area contributed by atoms with Crippen molar-refractivity contribution in [3.63, 3.8) is 0 Å². The minimum absolute atomic E-state index is 0.0180. The first-order valence-corrected chi connectivity index (χ1v) is 10.9. The standard InChI is InChI=1S/C26H28F3NO4/c27-26(28,29)21-13-23(33-16-20-5-2-1-3-6-20)15-24(14-21)34-22-10-8-19(9-11-22)7-4-12-25(30,17-31)18-32/h1-3,5-6,8-11,13-15,31-32H,4,7,12,16-18,30H2. The Hall–Kier alpha value is -3.07. The fourth-order valence-electron chi connectivity index (χ4n) is 3.33. The van der Waals surface area contributed by atoms with Crippen molar-refractivity contribution in [2.45, 2.75) is 37.6 Å². The number of halogens is 3. The maximum Gasteiger partial charge on any atom is 0.416 e. The van der Waals surface area contributed by atoms with E-state index in [1.807, 2.05) is 42.5 Å². The Morgan fingerprint density at radius 2 is 1.41 bits per heavy atom. The summed E-state index contributed by atoms with van der Waals surface area (Å²) in [6, 6.07) is 19.4. The van der Waals surface area contributed by atoms with Crippen LogP contribution in [0.2, 0.25) is 0 Å². The van der Waals surface area contributed by atoms with Crippen LogP contribution in [-0.2, 0) is 19.2 Å². The first-order chi connectivity index (χ1) is 16.2. The minimum Gasteiger partial charge on any atom is -0.489 e. The lowest BCUT2D eigenvalue weighted by Gasteiger charge is -2.24. The molecule has 4 N–H and O–H groups in total. The topological polar surface area (TPSA) is 84.9 Å². The van der Waals surface area contributed by atoms with Gasteiger partial charge in [-0.05, 0) is 54.7 Å². The van der Waals surface area contributed by atoms with Gasteiger partial charge in [0.2, 0.25) is 0 Å². The molecule has 0 aliphatic rings. The van der Waals surface area contributed by atoms with Gasteiger partial charge in [0, 0.05) is 6.07 Å². The third-order valence-corrected chi connectivity index (χ3v) is 5.38. The van der Waals surface area contributed by atoms with Gasteiger partial charge in [0.1, 0.15) is 23.9 Å². The lowest BCUT2D eigenvalue weighted by molar-refractivity contribution is -0.137. The second-order valence-electron chi connectivity index (χ2n) is 8.24. The summed E-state index contributed by atoms with van der Waals surface area (Å²) in [4.78, 5) is 0. The fraction of sp³-hybridized carbons (Fsp3) is 0.308. The Labute approximate surface area is 196 Å². The molecule has 0 radical (unpaired) electrons. The van der Waals surface area contributed by atoms with Crippen LogP contribution >= 0.6 is 0 Å². The summed E-state index contributed by atoms with van der Waals surface area (Å²) in [6.45, 7) is -0.471. The predicted octanol–water partition coefficient (Wildman–Crippen LogP) is 5.08. The molecule has 34 heavy (non-hydrogen) atoms. The zero-order valence-electron chi connectivity index (χ0n) is 18.6. The van der Waals surface area contributed by atoms with E-state index in [0.717, 1.165) is 23.3 Å². The molecule has 0 saturated carbocycles. The molecule has 182 valence electrons. The number of hydrogen-bond donors (Lipinski definition) is 3. The van der Waals surface area contributed by atoms with E-state index in [9.17, 15) is 23.4 Å². The van der Waals surface area contributed by atoms with Crippen molar-refractivity contribution in [2.75, 3.05) is 13.2 Å². The summed E-state index contributed by atoms with van der Waals surface area (Å²) in [7, 11) is 0. The van der Waals surface area contributed by atoms with Gasteiger partial charge in [-0.25, -0.2) is 0 Å². The third kappa shape index (κ3) is 7.48. The van der Waals surface area contributed by atoms with Crippen LogP contribution in [0.15, 0.2) is 72.8 Å². The second-order valence-corrected chi connectivity index (χ2v) is 8.24. The van der Waals surface area contributed by atoms with Crippen LogP contribution in [0.5, 0.6) is 17.2 Å². The molecule has 8 heteroatoms. The van der Waals surface area contributed by atoms with Gasteiger partial charge in [-0.1, -0.05) is 42.5 Å². The van der Waals surface area contributed by atoms with Crippen molar-refractivity contribution in [1.29, 1.82) is 0 Å². The Morgan fingerprint density at radius 3 is 2.03 bits per heavy atom. The number of rotatable bonds is 11. The van der Waals surface area contributed by atoms with E-state index >= 15 is 0 Å². The van der Waals surface area contributed by atoms with E-state index in [4.69, 9.17) is 15.2 Å². The lowest BCUT2D eigenvalue weighted by atomic mass is 9.94. The van der Waals surface area contributed by atoms with Crippen LogP contribution in [0.4, 0.5) is 13.2 Å². The predicted molar refractivity (Wildman–Crippen MR) is 123 cm³/mol. The highest BCUT2D eigenvalue weighted by atomic mass is 19.4. The van der Waals surface area contributed by atoms with Crippen molar-refractivity contribution in [3.05, 3.63) is 89.5 Å². The highest BCUT2D eigenvalue weighted by Gasteiger charge is 2.32. The Bertz CT molecular complexity index is 1040. The number of aliphatic hydroxyl groups excluding tert-OH is 2. The minimum atomic E-state index is -4.55. The monoisotopic (exact) mass is 475 g/mol. The van der Waals surface area contributed by atoms with Gasteiger partial charge in [-0.3, -0.25) is 0 Å². The number of benzene rings is 3. The molecule has 0 aliphatic carbocycles. The van der Waals surface area contributed by atoms with Crippen molar-refractivity contribution >= 4 is 0 Å². The van der Waals surface area contributed by atoms with Crippen LogP contribution in [-0.4, -0.2) is 29.0 Å². The molecule has 0 aliphatic heterocycles. The van der Waals surface area contributed by atoms with E-state index in [0.29, 0.717) is 25.0 Å². The summed E-state index contributed by atoms with van der Waals surface area (Å²) in [5, 5.41) is 18.5. The number of alkyl halides is 3. The van der Waals surface area contributed by atoms with Crippen molar-refractivity contribution < 1.29 is 32.9 Å². The quantitative estimate of drug-likeness (QED) is 0.360. The number of aliphatic hydroxyl groups is 2. The molecule has 3 aromatic carbocycles. The maximum atomic E-state index is 13.4. The van der Waals surface area contributed by atoms with E-state index in [1.54, 1.807) is 12.1 Å². The smallest absolute Gasteiger partial charge is 0.416 e. The molecule has 0 bridgehead atoms. The zero-order valence-corrected chi connectivity index (χ0v) is 18.6. The van der Waals surface area contributed by atoms with Gasteiger partial charge >= 0.3 is 6.18 Å². The molecule has 3 aromatic rings. The highest BCUT2D eigenvalue weighted by Crippen LogP contribution is 2.36. The van der Waals surface area contributed by atoms with Gasteiger partial charge in [0.15, 0.2) is 0 Å². The number of aryl methyl sites for hydroxylation is 1. The lowest BCUT2D eigenvalue weighted by Crippen LogP contribution is -2.47. The Morgan fingerprint density at radius 1 is 0.765 bits per heavy atom. The fourth-order valence-corrected chi connectivity index (χ4v) is 3.33. The van der Waals surface area contributed by atoms with Gasteiger partial charge < -0.3 is 25.4 Å². The van der Waals surface area contributed by atoms with Gasteiger partial charge in [-0.15, -0.1) is 0 Å². The first kappa shape index (κ1) is 25.6. The van der Waals surface area contributed by atoms with Gasteiger partial charge in [0.05, 0.1) is 24.3 Å². The average molecular weight is 476 g/mol. The molecule has 0 atom stereocenters. The van der Waals surface area contributed by atoms with Crippen LogP contribution in [0.3, 0.4) is 0 Å². The van der Waals surface area contributed by atoms with Crippen molar-refractivity contribution in [1.82, 2.24) is 0 Å². The van der Waals surface area contributed by atoms with Crippen LogP contribution in [0.1, 0.15) is 29.5 Å². The van der Waals surface area contributed by atoms with E-state index in [1.165, 1.54) is 6.07 Å². The van der Waals surface area contributed by atoms with Crippen LogP contribution in [0, 0.1) is 0 Å². The van der Waals surface area contributed by atoms with Gasteiger partial charge in [0.25, 0.3) is 0 Å². The first-order valence-electron chi connectivity index (χ1n) is 10.9. The average Bonchev–Trinajstić information content (AvgIpc) is 2.84. The molecule has 3 rings (SSSR count). The molecule has 0 unspecified atom stereocenters. The number of hydrogen-bond acceptors (Lipinski definition) is 5. The number of ether oxygens (including phenoxy) is 2. The molecular weight excluding hydrogens is 447 g/mol. The summed E-state index contributed by atoms with van der Waals surface area (Å²) in [5.74, 6) is 0.462. The summed E-state index contributed by atoms with van der Waals surface area (Å²) in [5.41, 5.74) is 5.81.